The molecule has 1 atom stereocenters. The number of halogens is 3. The number of fused-ring (bicyclic) bond motifs is 1. The molecule has 3 aliphatic rings. The zero-order valence-electron chi connectivity index (χ0n) is 18.1. The second-order valence-electron chi connectivity index (χ2n) is 8.65. The van der Waals surface area contributed by atoms with Crippen molar-refractivity contribution in [1.82, 2.24) is 20.2 Å². The maximum Gasteiger partial charge on any atom is 0.286 e. The van der Waals surface area contributed by atoms with Crippen molar-refractivity contribution in [1.29, 1.82) is 0 Å². The number of rotatable bonds is 4. The van der Waals surface area contributed by atoms with Crippen molar-refractivity contribution in [2.45, 2.75) is 50.3 Å². The smallest absolute Gasteiger partial charge is 0.283 e. The maximum atomic E-state index is 13.4. The summed E-state index contributed by atoms with van der Waals surface area (Å²) in [6.07, 6.45) is 12.7. The molecular formula is C24H25BrCl2N4OS. The Labute approximate surface area is 216 Å². The van der Waals surface area contributed by atoms with E-state index in [9.17, 15) is 4.79 Å². The molecule has 0 bridgehead atoms. The third-order valence-corrected chi connectivity index (χ3v) is 8.75. The van der Waals surface area contributed by atoms with E-state index in [2.05, 4.69) is 38.2 Å². The number of carbonyl (C=O) groups is 1. The van der Waals surface area contributed by atoms with Gasteiger partial charge in [-0.05, 0) is 82.8 Å². The van der Waals surface area contributed by atoms with Crippen LogP contribution in [0.2, 0.25) is 0 Å². The number of hydrogen-bond donors (Lipinski definition) is 1. The van der Waals surface area contributed by atoms with Crippen LogP contribution >= 0.6 is 50.5 Å². The van der Waals surface area contributed by atoms with Crippen LogP contribution in [0.4, 0.5) is 0 Å². The molecule has 1 fully saturated rings. The van der Waals surface area contributed by atoms with Crippen LogP contribution in [0.3, 0.4) is 0 Å². The molecule has 1 unspecified atom stereocenters. The Balaban J connectivity index is 1.60. The lowest BCUT2D eigenvalue weighted by molar-refractivity contribution is 0.0743. The fourth-order valence-electron chi connectivity index (χ4n) is 4.71. The van der Waals surface area contributed by atoms with Crippen LogP contribution in [0, 0.1) is 0 Å². The summed E-state index contributed by atoms with van der Waals surface area (Å²) >= 11 is 18.3. The molecule has 33 heavy (non-hydrogen) atoms. The standard InChI is InChI=1S/C24H25BrCl2N4OS/c25-19-14-33-13-16(19)11-15-5-4-6-18-22(24(32)29-30-9-2-1-3-10-30)28-31(23(15)18)21-8-7-17(26)12-20(21)27/h7-8,11,13-14,20H,1-6,9-10,12H2,(H,29,32)/b15-11+. The molecule has 5 nitrogen and oxygen atoms in total. The van der Waals surface area contributed by atoms with Crippen molar-refractivity contribution in [3.63, 3.8) is 0 Å². The molecule has 1 N–H and O–H groups in total. The van der Waals surface area contributed by atoms with Gasteiger partial charge in [-0.25, -0.2) is 9.69 Å². The van der Waals surface area contributed by atoms with Gasteiger partial charge in [-0.1, -0.05) is 18.0 Å². The van der Waals surface area contributed by atoms with Gasteiger partial charge in [0, 0.05) is 40.0 Å². The first-order valence-electron chi connectivity index (χ1n) is 11.3. The summed E-state index contributed by atoms with van der Waals surface area (Å²) in [4.78, 5) is 13.4. The van der Waals surface area contributed by atoms with Crippen LogP contribution < -0.4 is 5.43 Å². The van der Waals surface area contributed by atoms with E-state index in [1.165, 1.54) is 12.0 Å². The molecule has 9 heteroatoms. The monoisotopic (exact) mass is 566 g/mol. The Morgan fingerprint density at radius 1 is 1.18 bits per heavy atom. The van der Waals surface area contributed by atoms with Gasteiger partial charge in [-0.15, -0.1) is 11.6 Å². The number of piperidine rings is 1. The second kappa shape index (κ2) is 10.1. The van der Waals surface area contributed by atoms with E-state index < -0.39 is 0 Å². The lowest BCUT2D eigenvalue weighted by atomic mass is 9.89. The van der Waals surface area contributed by atoms with E-state index in [0.29, 0.717) is 12.1 Å². The topological polar surface area (TPSA) is 50.2 Å². The Bertz CT molecular complexity index is 1160. The van der Waals surface area contributed by atoms with Gasteiger partial charge in [0.15, 0.2) is 5.69 Å². The minimum atomic E-state index is -0.305. The molecule has 2 aromatic rings. The molecule has 0 aromatic carbocycles. The van der Waals surface area contributed by atoms with E-state index in [-0.39, 0.29) is 11.3 Å². The molecule has 1 saturated heterocycles. The fraction of sp³-hybridized carbons (Fsp3) is 0.417. The highest BCUT2D eigenvalue weighted by molar-refractivity contribution is 9.10. The Hall–Kier alpha value is -1.38. The summed E-state index contributed by atoms with van der Waals surface area (Å²) in [7, 11) is 0. The molecule has 3 heterocycles. The largest absolute Gasteiger partial charge is 0.286 e. The zero-order chi connectivity index (χ0) is 22.9. The van der Waals surface area contributed by atoms with Crippen LogP contribution in [-0.4, -0.2) is 39.2 Å². The van der Waals surface area contributed by atoms with Crippen molar-refractivity contribution in [2.24, 2.45) is 0 Å². The first-order chi connectivity index (χ1) is 16.0. The predicted octanol–water partition coefficient (Wildman–Crippen LogP) is 6.69. The third kappa shape index (κ3) is 4.89. The summed E-state index contributed by atoms with van der Waals surface area (Å²) in [5.74, 6) is -0.138. The van der Waals surface area contributed by atoms with E-state index in [0.717, 1.165) is 77.2 Å². The number of aromatic nitrogens is 2. The predicted molar refractivity (Wildman–Crippen MR) is 140 cm³/mol. The van der Waals surface area contributed by atoms with E-state index >= 15 is 0 Å². The molecule has 1 aliphatic heterocycles. The molecule has 0 spiro atoms. The average Bonchev–Trinajstić information content (AvgIpc) is 3.39. The third-order valence-electron chi connectivity index (χ3n) is 6.34. The van der Waals surface area contributed by atoms with Gasteiger partial charge in [-0.3, -0.25) is 10.2 Å². The van der Waals surface area contributed by atoms with Crippen molar-refractivity contribution >= 4 is 73.7 Å². The summed E-state index contributed by atoms with van der Waals surface area (Å²) in [5, 5.41) is 11.5. The van der Waals surface area contributed by atoms with Crippen molar-refractivity contribution < 1.29 is 4.79 Å². The SMILES string of the molecule is O=C(NN1CCCCC1)c1nn(C2=CC=C(Cl)CC2Cl)c2c1CCC/C2=C\c1cscc1Br. The number of carbonyl (C=O) groups excluding carboxylic acids is 1. The van der Waals surface area contributed by atoms with Crippen molar-refractivity contribution in [3.05, 3.63) is 54.9 Å². The van der Waals surface area contributed by atoms with Crippen LogP contribution in [0.25, 0.3) is 17.3 Å². The minimum Gasteiger partial charge on any atom is -0.283 e. The van der Waals surface area contributed by atoms with Gasteiger partial charge in [0.25, 0.3) is 5.91 Å². The van der Waals surface area contributed by atoms with Crippen molar-refractivity contribution in [2.75, 3.05) is 13.1 Å². The molecule has 174 valence electrons. The molecule has 2 aliphatic carbocycles. The van der Waals surface area contributed by atoms with Gasteiger partial charge < -0.3 is 0 Å². The quantitative estimate of drug-likeness (QED) is 0.419. The first kappa shape index (κ1) is 23.4. The molecule has 1 amide bonds. The van der Waals surface area contributed by atoms with Gasteiger partial charge >= 0.3 is 0 Å². The number of allylic oxidation sites excluding steroid dienone is 5. The van der Waals surface area contributed by atoms with E-state index in [1.807, 2.05) is 21.8 Å². The van der Waals surface area contributed by atoms with Crippen LogP contribution in [-0.2, 0) is 6.42 Å². The molecule has 5 rings (SSSR count). The molecule has 0 saturated carbocycles. The summed E-state index contributed by atoms with van der Waals surface area (Å²) in [6.45, 7) is 1.76. The minimum absolute atomic E-state index is 0.138. The highest BCUT2D eigenvalue weighted by Gasteiger charge is 2.32. The summed E-state index contributed by atoms with van der Waals surface area (Å²) in [6, 6.07) is 0. The van der Waals surface area contributed by atoms with Crippen LogP contribution in [0.5, 0.6) is 0 Å². The number of alkyl halides is 1. The van der Waals surface area contributed by atoms with Gasteiger partial charge in [-0.2, -0.15) is 16.4 Å². The van der Waals surface area contributed by atoms with E-state index in [4.69, 9.17) is 28.3 Å². The normalized spacial score (nSPS) is 22.6. The number of hydrogen-bond acceptors (Lipinski definition) is 4. The highest BCUT2D eigenvalue weighted by Crippen LogP contribution is 2.39. The molecular weight excluding hydrogens is 543 g/mol. The zero-order valence-corrected chi connectivity index (χ0v) is 22.0. The maximum absolute atomic E-state index is 13.4. The van der Waals surface area contributed by atoms with Crippen LogP contribution in [0.1, 0.15) is 65.8 Å². The second-order valence-corrected chi connectivity index (χ2v) is 11.3. The van der Waals surface area contributed by atoms with Crippen molar-refractivity contribution in [3.8, 4) is 0 Å². The number of hydrazine groups is 1. The molecule has 0 radical (unpaired) electrons. The van der Waals surface area contributed by atoms with Gasteiger partial charge in [0.2, 0.25) is 0 Å². The summed E-state index contributed by atoms with van der Waals surface area (Å²) < 4.78 is 2.96. The fourth-order valence-corrected chi connectivity index (χ4v) is 6.71. The number of nitrogens with one attached hydrogen (secondary N) is 1. The van der Waals surface area contributed by atoms with Gasteiger partial charge in [0.05, 0.1) is 16.8 Å². The Kier molecular flexibility index (Phi) is 7.14. The number of nitrogens with zero attached hydrogens (tertiary/aromatic N) is 3. The Morgan fingerprint density at radius 2 is 2.00 bits per heavy atom. The first-order valence-corrected chi connectivity index (χ1v) is 13.9. The Morgan fingerprint density at radius 3 is 2.73 bits per heavy atom. The van der Waals surface area contributed by atoms with Gasteiger partial charge in [0.1, 0.15) is 0 Å². The highest BCUT2D eigenvalue weighted by atomic mass is 79.9. The van der Waals surface area contributed by atoms with Crippen LogP contribution in [0.15, 0.2) is 32.4 Å². The number of amides is 1. The summed E-state index contributed by atoms with van der Waals surface area (Å²) in [5.41, 5.74) is 8.75. The molecule has 2 aromatic heterocycles. The lowest BCUT2D eigenvalue weighted by Crippen LogP contribution is -2.45. The number of thiophene rings is 1. The van der Waals surface area contributed by atoms with E-state index in [1.54, 1.807) is 11.3 Å². The lowest BCUT2D eigenvalue weighted by Gasteiger charge is -2.26. The average molecular weight is 568 g/mol.